The lowest BCUT2D eigenvalue weighted by Crippen LogP contribution is -2.31. The Morgan fingerprint density at radius 1 is 1.16 bits per heavy atom. The Hall–Kier alpha value is -3.69. The first-order valence-corrected chi connectivity index (χ1v) is 9.68. The summed E-state index contributed by atoms with van der Waals surface area (Å²) in [6, 6.07) is 11.4. The van der Waals surface area contributed by atoms with Gasteiger partial charge in [-0.3, -0.25) is 4.79 Å². The molecule has 1 N–H and O–H groups in total. The molecule has 4 aromatic rings. The fraction of sp³-hybridized carbons (Fsp3) is 0.238. The summed E-state index contributed by atoms with van der Waals surface area (Å²) in [6.45, 7) is 0. The van der Waals surface area contributed by atoms with Gasteiger partial charge in [0, 0.05) is 0 Å². The average Bonchev–Trinajstić information content (AvgIpc) is 3.42. The highest BCUT2D eigenvalue weighted by Gasteiger charge is 2.36. The quantitative estimate of drug-likeness (QED) is 0.529. The van der Waals surface area contributed by atoms with E-state index < -0.39 is 17.8 Å². The number of nitrogens with one attached hydrogen (secondary N) is 1. The third-order valence-corrected chi connectivity index (χ3v) is 5.25. The smallest absolute Gasteiger partial charge is 0.433 e. The summed E-state index contributed by atoms with van der Waals surface area (Å²) in [6.07, 6.45) is -0.854. The van der Waals surface area contributed by atoms with Gasteiger partial charge in [-0.25, -0.2) is 4.98 Å². The highest BCUT2D eigenvalue weighted by atomic mass is 19.4. The number of furan rings is 1. The number of alkyl halides is 3. The maximum absolute atomic E-state index is 13.6. The van der Waals surface area contributed by atoms with Crippen LogP contribution < -0.4 is 5.32 Å². The van der Waals surface area contributed by atoms with E-state index in [4.69, 9.17) is 4.42 Å². The van der Waals surface area contributed by atoms with E-state index in [2.05, 4.69) is 20.4 Å². The van der Waals surface area contributed by atoms with E-state index in [0.717, 1.165) is 36.5 Å². The van der Waals surface area contributed by atoms with Gasteiger partial charge in [-0.2, -0.15) is 22.7 Å². The molecule has 0 spiro atoms. The van der Waals surface area contributed by atoms with Crippen LogP contribution in [0.25, 0.3) is 17.2 Å². The van der Waals surface area contributed by atoms with E-state index in [9.17, 15) is 18.0 Å². The number of hydrogen-bond donors (Lipinski definition) is 1. The number of carbonyl (C=O) groups is 1. The van der Waals surface area contributed by atoms with E-state index in [0.29, 0.717) is 4.52 Å². The van der Waals surface area contributed by atoms with Crippen molar-refractivity contribution in [3.63, 3.8) is 0 Å². The maximum atomic E-state index is 13.6. The number of halogens is 3. The third kappa shape index (κ3) is 3.54. The summed E-state index contributed by atoms with van der Waals surface area (Å²) in [5.41, 5.74) is 0.995. The van der Waals surface area contributed by atoms with Crippen molar-refractivity contribution in [1.29, 1.82) is 0 Å². The first kappa shape index (κ1) is 19.3. The first-order valence-electron chi connectivity index (χ1n) is 9.68. The van der Waals surface area contributed by atoms with Gasteiger partial charge < -0.3 is 9.73 Å². The number of fused-ring (bicyclic) bond motifs is 2. The van der Waals surface area contributed by atoms with Gasteiger partial charge in [-0.1, -0.05) is 24.3 Å². The highest BCUT2D eigenvalue weighted by molar-refractivity contribution is 5.91. The summed E-state index contributed by atoms with van der Waals surface area (Å²) in [4.78, 5) is 20.8. The number of rotatable bonds is 3. The number of amides is 1. The molecule has 158 valence electrons. The SMILES string of the molecule is O=C(NC1CCCc2ccccc21)c1nc2nc(-c3ccco3)cc(C(F)(F)F)n2n1. The van der Waals surface area contributed by atoms with Crippen LogP contribution in [-0.4, -0.2) is 25.5 Å². The van der Waals surface area contributed by atoms with Crippen LogP contribution in [0.1, 0.15) is 46.3 Å². The van der Waals surface area contributed by atoms with Crippen LogP contribution in [0.2, 0.25) is 0 Å². The standard InChI is InChI=1S/C21H16F3N5O2/c22-21(23,24)17-11-15(16-9-4-10-31-16)26-20-27-18(28-29(17)20)19(30)25-14-8-3-6-12-5-1-2-7-13(12)14/h1-2,4-5,7,9-11,14H,3,6,8H2,(H,25,30). The van der Waals surface area contributed by atoms with Gasteiger partial charge in [-0.15, -0.1) is 5.10 Å². The fourth-order valence-corrected chi connectivity index (χ4v) is 3.84. The summed E-state index contributed by atoms with van der Waals surface area (Å²) in [7, 11) is 0. The second-order valence-electron chi connectivity index (χ2n) is 7.27. The maximum Gasteiger partial charge on any atom is 0.433 e. The van der Waals surface area contributed by atoms with Crippen LogP contribution in [0.15, 0.2) is 53.1 Å². The lowest BCUT2D eigenvalue weighted by Gasteiger charge is -2.25. The van der Waals surface area contributed by atoms with Gasteiger partial charge in [0.15, 0.2) is 11.5 Å². The zero-order chi connectivity index (χ0) is 21.6. The second-order valence-corrected chi connectivity index (χ2v) is 7.27. The molecule has 1 amide bonds. The predicted octanol–water partition coefficient (Wildman–Crippen LogP) is 4.21. The molecule has 1 aliphatic rings. The Balaban J connectivity index is 1.52. The van der Waals surface area contributed by atoms with E-state index >= 15 is 0 Å². The van der Waals surface area contributed by atoms with E-state index in [1.807, 2.05) is 24.3 Å². The number of hydrogen-bond acceptors (Lipinski definition) is 5. The van der Waals surface area contributed by atoms with Gasteiger partial charge in [0.2, 0.25) is 5.82 Å². The zero-order valence-electron chi connectivity index (χ0n) is 16.1. The first-order chi connectivity index (χ1) is 14.9. The number of benzene rings is 1. The van der Waals surface area contributed by atoms with Crippen molar-refractivity contribution >= 4 is 11.7 Å². The molecule has 0 bridgehead atoms. The van der Waals surface area contributed by atoms with Gasteiger partial charge in [-0.05, 0) is 48.6 Å². The Labute approximate surface area is 173 Å². The predicted molar refractivity (Wildman–Crippen MR) is 103 cm³/mol. The molecule has 10 heteroatoms. The van der Waals surface area contributed by atoms with Gasteiger partial charge in [0.25, 0.3) is 11.7 Å². The fourth-order valence-electron chi connectivity index (χ4n) is 3.84. The third-order valence-electron chi connectivity index (χ3n) is 5.25. The van der Waals surface area contributed by atoms with Crippen LogP contribution >= 0.6 is 0 Å². The highest BCUT2D eigenvalue weighted by Crippen LogP contribution is 2.32. The van der Waals surface area contributed by atoms with Gasteiger partial charge in [0.1, 0.15) is 5.69 Å². The van der Waals surface area contributed by atoms with Crippen LogP contribution in [0.3, 0.4) is 0 Å². The Morgan fingerprint density at radius 3 is 2.77 bits per heavy atom. The lowest BCUT2D eigenvalue weighted by molar-refractivity contribution is -0.142. The number of aryl methyl sites for hydroxylation is 1. The summed E-state index contributed by atoms with van der Waals surface area (Å²) < 4.78 is 46.6. The minimum atomic E-state index is -4.73. The molecule has 3 heterocycles. The largest absolute Gasteiger partial charge is 0.463 e. The molecule has 3 aromatic heterocycles. The molecule has 0 saturated carbocycles. The summed E-state index contributed by atoms with van der Waals surface area (Å²) >= 11 is 0. The normalized spacial score (nSPS) is 16.3. The van der Waals surface area contributed by atoms with Crippen molar-refractivity contribution in [2.45, 2.75) is 31.5 Å². The van der Waals surface area contributed by atoms with Gasteiger partial charge >= 0.3 is 6.18 Å². The van der Waals surface area contributed by atoms with Gasteiger partial charge in [0.05, 0.1) is 12.3 Å². The number of aromatic nitrogens is 4. The van der Waals surface area contributed by atoms with Crippen LogP contribution in [0, 0.1) is 0 Å². The van der Waals surface area contributed by atoms with Crippen molar-refractivity contribution in [2.75, 3.05) is 0 Å². The monoisotopic (exact) mass is 427 g/mol. The second kappa shape index (κ2) is 7.22. The van der Waals surface area contributed by atoms with E-state index in [1.54, 1.807) is 6.07 Å². The Bertz CT molecular complexity index is 1260. The molecule has 0 saturated heterocycles. The number of carbonyl (C=O) groups excluding carboxylic acids is 1. The molecular weight excluding hydrogens is 411 g/mol. The zero-order valence-corrected chi connectivity index (χ0v) is 16.1. The molecule has 7 nitrogen and oxygen atoms in total. The number of nitrogens with zero attached hydrogens (tertiary/aromatic N) is 4. The molecule has 1 atom stereocenters. The molecule has 1 aromatic carbocycles. The van der Waals surface area contributed by atoms with Crippen molar-refractivity contribution in [3.8, 4) is 11.5 Å². The van der Waals surface area contributed by atoms with Crippen LogP contribution in [0.4, 0.5) is 13.2 Å². The van der Waals surface area contributed by atoms with Crippen molar-refractivity contribution < 1.29 is 22.4 Å². The molecule has 31 heavy (non-hydrogen) atoms. The molecule has 5 rings (SSSR count). The minimum Gasteiger partial charge on any atom is -0.463 e. The topological polar surface area (TPSA) is 85.3 Å². The Kier molecular flexibility index (Phi) is 4.49. The molecule has 0 aliphatic heterocycles. The van der Waals surface area contributed by atoms with Crippen LogP contribution in [0.5, 0.6) is 0 Å². The summed E-state index contributed by atoms with van der Waals surface area (Å²) in [5, 5.41) is 6.65. The Morgan fingerprint density at radius 2 is 2.00 bits per heavy atom. The average molecular weight is 427 g/mol. The van der Waals surface area contributed by atoms with E-state index in [-0.39, 0.29) is 29.1 Å². The van der Waals surface area contributed by atoms with Crippen molar-refractivity contribution in [2.24, 2.45) is 0 Å². The molecule has 0 fully saturated rings. The molecular formula is C21H16F3N5O2. The molecule has 0 radical (unpaired) electrons. The lowest BCUT2D eigenvalue weighted by atomic mass is 9.88. The van der Waals surface area contributed by atoms with Crippen molar-refractivity contribution in [1.82, 2.24) is 24.9 Å². The van der Waals surface area contributed by atoms with Crippen LogP contribution in [-0.2, 0) is 12.6 Å². The summed E-state index contributed by atoms with van der Waals surface area (Å²) in [5.74, 6) is -1.21. The van der Waals surface area contributed by atoms with Crippen molar-refractivity contribution in [3.05, 3.63) is 71.4 Å². The van der Waals surface area contributed by atoms with E-state index in [1.165, 1.54) is 12.3 Å². The molecule has 1 unspecified atom stereocenters. The minimum absolute atomic E-state index is 0.0506. The molecule has 1 aliphatic carbocycles.